The zero-order valence-electron chi connectivity index (χ0n) is 9.20. The number of carbonyl (C=O) groups excluding carboxylic acids is 2. The molecule has 0 saturated carbocycles. The van der Waals surface area contributed by atoms with Gasteiger partial charge < -0.3 is 9.47 Å². The number of benzene rings is 1. The van der Waals surface area contributed by atoms with Gasteiger partial charge in [-0.1, -0.05) is 6.07 Å². The van der Waals surface area contributed by atoms with Crippen molar-refractivity contribution in [2.45, 2.75) is 12.5 Å². The Bertz CT molecular complexity index is 512. The first-order valence-electron chi connectivity index (χ1n) is 5.20. The van der Waals surface area contributed by atoms with Crippen LogP contribution in [0.25, 0.3) is 0 Å². The quantitative estimate of drug-likeness (QED) is 0.453. The molecular weight excluding hydrogens is 242 g/mol. The summed E-state index contributed by atoms with van der Waals surface area (Å²) in [5.41, 5.74) is -0.178. The molecule has 1 aromatic carbocycles. The molecule has 1 heterocycles. The Hall–Kier alpha value is -2.44. The van der Waals surface area contributed by atoms with Gasteiger partial charge in [-0.05, 0) is 6.07 Å². The summed E-state index contributed by atoms with van der Waals surface area (Å²) < 4.78 is 9.55. The van der Waals surface area contributed by atoms with E-state index in [2.05, 4.69) is 4.74 Å². The summed E-state index contributed by atoms with van der Waals surface area (Å²) in [4.78, 5) is 32.7. The number of hydrogen-bond acceptors (Lipinski definition) is 6. The second-order valence-electron chi connectivity index (χ2n) is 3.66. The Labute approximate surface area is 101 Å². The van der Waals surface area contributed by atoms with E-state index in [9.17, 15) is 19.7 Å². The molecule has 7 heteroatoms. The fourth-order valence-electron chi connectivity index (χ4n) is 1.53. The summed E-state index contributed by atoms with van der Waals surface area (Å²) in [7, 11) is 0. The van der Waals surface area contributed by atoms with Crippen molar-refractivity contribution in [2.75, 3.05) is 6.61 Å². The smallest absolute Gasteiger partial charge is 0.347 e. The van der Waals surface area contributed by atoms with Gasteiger partial charge in [-0.15, -0.1) is 0 Å². The summed E-state index contributed by atoms with van der Waals surface area (Å²) in [6, 6.07) is 5.13. The van der Waals surface area contributed by atoms with Gasteiger partial charge in [-0.25, -0.2) is 9.59 Å². The van der Waals surface area contributed by atoms with Crippen molar-refractivity contribution in [3.63, 3.8) is 0 Å². The Morgan fingerprint density at radius 2 is 2.28 bits per heavy atom. The van der Waals surface area contributed by atoms with Crippen molar-refractivity contribution >= 4 is 17.6 Å². The van der Waals surface area contributed by atoms with Crippen molar-refractivity contribution in [3.05, 3.63) is 39.9 Å². The number of carbonyl (C=O) groups is 2. The number of ether oxygens (including phenoxy) is 2. The van der Waals surface area contributed by atoms with Gasteiger partial charge in [0.15, 0.2) is 0 Å². The molecule has 1 aromatic rings. The normalized spacial score (nSPS) is 18.2. The third kappa shape index (κ3) is 2.45. The molecule has 1 aliphatic heterocycles. The molecule has 1 fully saturated rings. The van der Waals surface area contributed by atoms with Gasteiger partial charge in [0.05, 0.1) is 17.1 Å². The van der Waals surface area contributed by atoms with Crippen LogP contribution in [0.2, 0.25) is 0 Å². The lowest BCUT2D eigenvalue weighted by Gasteiger charge is -2.07. The van der Waals surface area contributed by atoms with Crippen LogP contribution in [0.1, 0.15) is 16.8 Å². The van der Waals surface area contributed by atoms with Crippen LogP contribution >= 0.6 is 0 Å². The van der Waals surface area contributed by atoms with Gasteiger partial charge in [0, 0.05) is 18.6 Å². The third-order valence-corrected chi connectivity index (χ3v) is 2.43. The number of esters is 2. The van der Waals surface area contributed by atoms with Crippen LogP contribution in [0.4, 0.5) is 5.69 Å². The Balaban J connectivity index is 2.11. The van der Waals surface area contributed by atoms with Crippen molar-refractivity contribution in [2.24, 2.45) is 0 Å². The summed E-state index contributed by atoms with van der Waals surface area (Å²) in [5, 5.41) is 10.6. The SMILES string of the molecule is O=C(O[C@H]1CCOC1=O)c1cccc([N+](=O)[O-])c1. The van der Waals surface area contributed by atoms with Crippen LogP contribution < -0.4 is 0 Å². The Morgan fingerprint density at radius 3 is 2.89 bits per heavy atom. The lowest BCUT2D eigenvalue weighted by Crippen LogP contribution is -2.22. The molecule has 1 atom stereocenters. The van der Waals surface area contributed by atoms with E-state index in [1.807, 2.05) is 0 Å². The van der Waals surface area contributed by atoms with E-state index in [1.54, 1.807) is 0 Å². The highest BCUT2D eigenvalue weighted by Gasteiger charge is 2.30. The maximum atomic E-state index is 11.7. The van der Waals surface area contributed by atoms with E-state index in [0.29, 0.717) is 6.42 Å². The average molecular weight is 251 g/mol. The van der Waals surface area contributed by atoms with Gasteiger partial charge in [-0.2, -0.15) is 0 Å². The van der Waals surface area contributed by atoms with Crippen LogP contribution in [-0.2, 0) is 14.3 Å². The molecule has 0 radical (unpaired) electrons. The monoisotopic (exact) mass is 251 g/mol. The highest BCUT2D eigenvalue weighted by atomic mass is 16.6. The number of hydrogen-bond donors (Lipinski definition) is 0. The van der Waals surface area contributed by atoms with Crippen molar-refractivity contribution in [1.29, 1.82) is 0 Å². The van der Waals surface area contributed by atoms with Crippen LogP contribution in [0.5, 0.6) is 0 Å². The fraction of sp³-hybridized carbons (Fsp3) is 0.273. The van der Waals surface area contributed by atoms with Crippen molar-refractivity contribution in [3.8, 4) is 0 Å². The number of rotatable bonds is 3. The number of nitrogens with zero attached hydrogens (tertiary/aromatic N) is 1. The maximum Gasteiger partial charge on any atom is 0.347 e. The van der Waals surface area contributed by atoms with Gasteiger partial charge in [0.25, 0.3) is 5.69 Å². The molecule has 0 unspecified atom stereocenters. The molecule has 1 saturated heterocycles. The molecule has 7 nitrogen and oxygen atoms in total. The van der Waals surface area contributed by atoms with Crippen LogP contribution in [0.3, 0.4) is 0 Å². The lowest BCUT2D eigenvalue weighted by molar-refractivity contribution is -0.384. The lowest BCUT2D eigenvalue weighted by atomic mass is 10.2. The number of nitro benzene ring substituents is 1. The molecule has 0 bridgehead atoms. The number of cyclic esters (lactones) is 1. The summed E-state index contributed by atoms with van der Waals surface area (Å²) >= 11 is 0. The van der Waals surface area contributed by atoms with E-state index in [-0.39, 0.29) is 17.9 Å². The first-order chi connectivity index (χ1) is 8.58. The minimum atomic E-state index is -0.920. The van der Waals surface area contributed by atoms with E-state index < -0.39 is 23.0 Å². The van der Waals surface area contributed by atoms with Crippen LogP contribution in [0.15, 0.2) is 24.3 Å². The van der Waals surface area contributed by atoms with Crippen LogP contribution in [0, 0.1) is 10.1 Å². The second kappa shape index (κ2) is 4.82. The zero-order chi connectivity index (χ0) is 13.1. The van der Waals surface area contributed by atoms with Crippen LogP contribution in [-0.4, -0.2) is 29.6 Å². The topological polar surface area (TPSA) is 95.7 Å². The average Bonchev–Trinajstić information content (AvgIpc) is 2.75. The minimum Gasteiger partial charge on any atom is -0.463 e. The highest BCUT2D eigenvalue weighted by molar-refractivity contribution is 5.92. The first kappa shape index (κ1) is 12.0. The fourth-order valence-corrected chi connectivity index (χ4v) is 1.53. The summed E-state index contributed by atoms with van der Waals surface area (Å²) in [6.45, 7) is 0.214. The number of nitro groups is 1. The molecular formula is C11H9NO6. The molecule has 2 rings (SSSR count). The molecule has 0 N–H and O–H groups in total. The zero-order valence-corrected chi connectivity index (χ0v) is 9.20. The minimum absolute atomic E-state index is 0.0314. The third-order valence-electron chi connectivity index (χ3n) is 2.43. The predicted octanol–water partition coefficient (Wildman–Crippen LogP) is 1.07. The standard InChI is InChI=1S/C11H9NO6/c13-10(18-9-4-5-17-11(9)14)7-2-1-3-8(6-7)12(15)16/h1-3,6,9H,4-5H2/t9-/m0/s1. The molecule has 18 heavy (non-hydrogen) atoms. The molecule has 94 valence electrons. The number of non-ortho nitro benzene ring substituents is 1. The highest BCUT2D eigenvalue weighted by Crippen LogP contribution is 2.17. The Morgan fingerprint density at radius 1 is 1.50 bits per heavy atom. The molecule has 1 aliphatic rings. The van der Waals surface area contributed by atoms with Gasteiger partial charge in [0.2, 0.25) is 6.10 Å². The van der Waals surface area contributed by atoms with E-state index >= 15 is 0 Å². The molecule has 0 aromatic heterocycles. The maximum absolute atomic E-state index is 11.7. The first-order valence-corrected chi connectivity index (χ1v) is 5.20. The van der Waals surface area contributed by atoms with E-state index in [0.717, 1.165) is 6.07 Å². The largest absolute Gasteiger partial charge is 0.463 e. The molecule has 0 aliphatic carbocycles. The predicted molar refractivity (Wildman–Crippen MR) is 57.9 cm³/mol. The Kier molecular flexibility index (Phi) is 3.22. The van der Waals surface area contributed by atoms with Gasteiger partial charge in [0.1, 0.15) is 0 Å². The van der Waals surface area contributed by atoms with Gasteiger partial charge >= 0.3 is 11.9 Å². The summed E-state index contributed by atoms with van der Waals surface area (Å²) in [6.07, 6.45) is -0.615. The van der Waals surface area contributed by atoms with E-state index in [1.165, 1.54) is 18.2 Å². The van der Waals surface area contributed by atoms with Gasteiger partial charge in [-0.3, -0.25) is 10.1 Å². The van der Waals surface area contributed by atoms with Crippen molar-refractivity contribution in [1.82, 2.24) is 0 Å². The summed E-state index contributed by atoms with van der Waals surface area (Å²) in [5.74, 6) is -1.36. The van der Waals surface area contributed by atoms with E-state index in [4.69, 9.17) is 4.74 Å². The molecule has 0 spiro atoms. The molecule has 0 amide bonds. The second-order valence-corrected chi connectivity index (χ2v) is 3.66. The van der Waals surface area contributed by atoms with Crippen molar-refractivity contribution < 1.29 is 24.0 Å².